The number of benzene rings is 1. The number of para-hydroxylation sites is 1. The third-order valence-electron chi connectivity index (χ3n) is 4.53. The Morgan fingerprint density at radius 1 is 1.35 bits per heavy atom. The van der Waals surface area contributed by atoms with Gasteiger partial charge in [0.1, 0.15) is 11.1 Å². The van der Waals surface area contributed by atoms with Crippen LogP contribution < -0.4 is 5.32 Å². The van der Waals surface area contributed by atoms with E-state index >= 15 is 0 Å². The summed E-state index contributed by atoms with van der Waals surface area (Å²) in [4.78, 5) is 19.3. The number of aromatic nitrogens is 1. The minimum atomic E-state index is -0.103. The van der Waals surface area contributed by atoms with Gasteiger partial charge in [0.2, 0.25) is 5.91 Å². The van der Waals surface area contributed by atoms with Crippen LogP contribution in [0, 0.1) is 0 Å². The lowest BCUT2D eigenvalue weighted by Crippen LogP contribution is -2.49. The van der Waals surface area contributed by atoms with E-state index in [9.17, 15) is 4.79 Å². The number of hydrogen-bond acceptors (Lipinski definition) is 5. The summed E-state index contributed by atoms with van der Waals surface area (Å²) < 4.78 is 5.85. The first-order valence-electron chi connectivity index (χ1n) is 7.95. The fraction of sp³-hybridized carbons (Fsp3) is 0.412. The van der Waals surface area contributed by atoms with E-state index in [0.717, 1.165) is 36.6 Å². The van der Waals surface area contributed by atoms with Gasteiger partial charge < -0.3 is 10.1 Å². The summed E-state index contributed by atoms with van der Waals surface area (Å²) in [6.45, 7) is 2.15. The molecule has 0 bridgehead atoms. The van der Waals surface area contributed by atoms with Gasteiger partial charge in [-0.2, -0.15) is 0 Å². The van der Waals surface area contributed by atoms with Gasteiger partial charge in [-0.05, 0) is 24.5 Å². The van der Waals surface area contributed by atoms with Crippen molar-refractivity contribution in [2.45, 2.75) is 25.0 Å². The minimum absolute atomic E-state index is 0.0258. The van der Waals surface area contributed by atoms with Gasteiger partial charge in [0.05, 0.1) is 12.6 Å². The molecule has 2 aromatic rings. The fourth-order valence-electron chi connectivity index (χ4n) is 3.34. The Hall–Kier alpha value is -1.76. The molecule has 2 unspecified atom stereocenters. The summed E-state index contributed by atoms with van der Waals surface area (Å²) in [5, 5.41) is 6.04. The van der Waals surface area contributed by atoms with Crippen molar-refractivity contribution in [1.29, 1.82) is 0 Å². The maximum atomic E-state index is 12.7. The normalized spacial score (nSPS) is 25.5. The summed E-state index contributed by atoms with van der Waals surface area (Å²) in [7, 11) is 0. The Kier molecular flexibility index (Phi) is 4.11. The predicted octanol–water partition coefficient (Wildman–Crippen LogP) is 2.47. The van der Waals surface area contributed by atoms with Crippen molar-refractivity contribution in [2.75, 3.05) is 25.0 Å². The zero-order valence-electron chi connectivity index (χ0n) is 12.8. The summed E-state index contributed by atoms with van der Waals surface area (Å²) >= 11 is 1.61. The van der Waals surface area contributed by atoms with E-state index < -0.39 is 0 Å². The maximum absolute atomic E-state index is 12.7. The summed E-state index contributed by atoms with van der Waals surface area (Å²) in [5.41, 5.74) is 2.16. The first-order chi connectivity index (χ1) is 11.3. The number of aryl methyl sites for hydroxylation is 1. The van der Waals surface area contributed by atoms with E-state index in [4.69, 9.17) is 4.74 Å². The summed E-state index contributed by atoms with van der Waals surface area (Å²) in [6.07, 6.45) is 3.53. The molecule has 1 saturated heterocycles. The molecule has 23 heavy (non-hydrogen) atoms. The smallest absolute Gasteiger partial charge is 0.241 e. The second-order valence-corrected chi connectivity index (χ2v) is 6.85. The van der Waals surface area contributed by atoms with Crippen LogP contribution in [-0.4, -0.2) is 41.5 Å². The zero-order valence-corrected chi connectivity index (χ0v) is 13.6. The van der Waals surface area contributed by atoms with Gasteiger partial charge in [-0.15, -0.1) is 11.3 Å². The van der Waals surface area contributed by atoms with Gasteiger partial charge >= 0.3 is 0 Å². The van der Waals surface area contributed by atoms with Crippen LogP contribution in [0.15, 0.2) is 35.8 Å². The number of anilines is 1. The predicted molar refractivity (Wildman–Crippen MR) is 89.6 cm³/mol. The highest BCUT2D eigenvalue weighted by Crippen LogP contribution is 2.28. The third-order valence-corrected chi connectivity index (χ3v) is 5.40. The van der Waals surface area contributed by atoms with E-state index in [2.05, 4.69) is 21.3 Å². The highest BCUT2D eigenvalue weighted by Gasteiger charge is 2.33. The first kappa shape index (κ1) is 14.8. The molecule has 1 fully saturated rings. The highest BCUT2D eigenvalue weighted by molar-refractivity contribution is 7.09. The molecule has 2 atom stereocenters. The van der Waals surface area contributed by atoms with Gasteiger partial charge in [0.25, 0.3) is 0 Å². The quantitative estimate of drug-likeness (QED) is 0.920. The largest absolute Gasteiger partial charge is 0.368 e. The van der Waals surface area contributed by atoms with Crippen LogP contribution in [0.5, 0.6) is 0 Å². The number of hydrogen-bond donors (Lipinski definition) is 1. The summed E-state index contributed by atoms with van der Waals surface area (Å²) in [5.74, 6) is 0.0924. The Labute approximate surface area is 139 Å². The lowest BCUT2D eigenvalue weighted by atomic mass is 10.0. The lowest BCUT2D eigenvalue weighted by molar-refractivity contribution is -0.125. The van der Waals surface area contributed by atoms with Crippen LogP contribution in [0.3, 0.4) is 0 Å². The molecule has 5 nitrogen and oxygen atoms in total. The van der Waals surface area contributed by atoms with Crippen molar-refractivity contribution in [1.82, 2.24) is 9.88 Å². The van der Waals surface area contributed by atoms with Crippen molar-refractivity contribution in [3.05, 3.63) is 46.4 Å². The molecule has 2 aliphatic rings. The molecular weight excluding hydrogens is 310 g/mol. The molecule has 0 aliphatic carbocycles. The number of carbonyl (C=O) groups is 1. The van der Waals surface area contributed by atoms with Crippen LogP contribution in [0.4, 0.5) is 5.69 Å². The topological polar surface area (TPSA) is 54.5 Å². The van der Waals surface area contributed by atoms with Crippen molar-refractivity contribution in [3.8, 4) is 0 Å². The zero-order chi connectivity index (χ0) is 15.6. The number of nitrogens with one attached hydrogen (secondary N) is 1. The molecule has 2 aliphatic heterocycles. The molecule has 1 amide bonds. The second-order valence-electron chi connectivity index (χ2n) is 5.93. The number of thiazole rings is 1. The van der Waals surface area contributed by atoms with Crippen molar-refractivity contribution in [2.24, 2.45) is 0 Å². The molecule has 0 spiro atoms. The van der Waals surface area contributed by atoms with Crippen LogP contribution in [0.1, 0.15) is 23.1 Å². The molecule has 3 heterocycles. The molecule has 1 aromatic heterocycles. The highest BCUT2D eigenvalue weighted by atomic mass is 32.1. The van der Waals surface area contributed by atoms with Gasteiger partial charge in [-0.25, -0.2) is 4.98 Å². The molecule has 6 heteroatoms. The molecule has 120 valence electrons. The number of rotatable bonds is 2. The lowest BCUT2D eigenvalue weighted by Gasteiger charge is -2.36. The number of carbonyl (C=O) groups excluding carboxylic acids is 1. The van der Waals surface area contributed by atoms with Crippen molar-refractivity contribution in [3.63, 3.8) is 0 Å². The Balaban J connectivity index is 1.50. The monoisotopic (exact) mass is 329 g/mol. The van der Waals surface area contributed by atoms with E-state index in [1.807, 2.05) is 23.6 Å². The van der Waals surface area contributed by atoms with Crippen LogP contribution in [0.25, 0.3) is 0 Å². The fourth-order valence-corrected chi connectivity index (χ4v) is 4.02. The number of morpholine rings is 1. The number of fused-ring (bicyclic) bond motifs is 1. The van der Waals surface area contributed by atoms with Crippen LogP contribution >= 0.6 is 11.3 Å². The van der Waals surface area contributed by atoms with Gasteiger partial charge in [-0.3, -0.25) is 9.69 Å². The standard InChI is InChI=1S/C17H19N3O2S/c21-16-14(6-5-12-3-1-2-4-13(12)19-16)20-8-9-22-15(11-20)17-18-7-10-23-17/h1-4,7,10,14-15H,5-6,8-9,11H2,(H,19,21). The minimum Gasteiger partial charge on any atom is -0.368 e. The number of ether oxygens (including phenoxy) is 1. The number of amides is 1. The first-order valence-corrected chi connectivity index (χ1v) is 8.83. The molecule has 1 aromatic carbocycles. The molecule has 4 rings (SSSR count). The second kappa shape index (κ2) is 6.39. The Morgan fingerprint density at radius 3 is 3.13 bits per heavy atom. The van der Waals surface area contributed by atoms with E-state index in [-0.39, 0.29) is 18.1 Å². The van der Waals surface area contributed by atoms with Crippen molar-refractivity contribution < 1.29 is 9.53 Å². The molecule has 1 N–H and O–H groups in total. The van der Waals surface area contributed by atoms with Crippen LogP contribution in [-0.2, 0) is 16.0 Å². The van der Waals surface area contributed by atoms with Crippen molar-refractivity contribution >= 4 is 22.9 Å². The third kappa shape index (κ3) is 3.02. The average molecular weight is 329 g/mol. The van der Waals surface area contributed by atoms with E-state index in [1.54, 1.807) is 17.5 Å². The van der Waals surface area contributed by atoms with Crippen LogP contribution in [0.2, 0.25) is 0 Å². The van der Waals surface area contributed by atoms with E-state index in [1.165, 1.54) is 5.56 Å². The average Bonchev–Trinajstić information content (AvgIpc) is 3.06. The molecular formula is C17H19N3O2S. The van der Waals surface area contributed by atoms with E-state index in [0.29, 0.717) is 6.61 Å². The van der Waals surface area contributed by atoms with Gasteiger partial charge in [0.15, 0.2) is 0 Å². The maximum Gasteiger partial charge on any atom is 0.241 e. The Morgan fingerprint density at radius 2 is 2.26 bits per heavy atom. The molecule has 0 saturated carbocycles. The summed E-state index contributed by atoms with van der Waals surface area (Å²) in [6, 6.07) is 7.96. The SMILES string of the molecule is O=C1Nc2ccccc2CCC1N1CCOC(c2nccs2)C1. The van der Waals surface area contributed by atoms with Gasteiger partial charge in [0, 0.05) is 30.4 Å². The Bertz CT molecular complexity index is 689. The number of nitrogens with zero attached hydrogens (tertiary/aromatic N) is 2. The van der Waals surface area contributed by atoms with Gasteiger partial charge in [-0.1, -0.05) is 18.2 Å². The molecule has 0 radical (unpaired) electrons.